The summed E-state index contributed by atoms with van der Waals surface area (Å²) in [6.45, 7) is 8.63. The average Bonchev–Trinajstić information content (AvgIpc) is 2.65. The Balaban J connectivity index is 0.00000312. The Morgan fingerprint density at radius 2 is 2.08 bits per heavy atom. The number of pyridine rings is 1. The van der Waals surface area contributed by atoms with Crippen LogP contribution in [0, 0.1) is 5.92 Å². The molecule has 140 valence electrons. The van der Waals surface area contributed by atoms with Gasteiger partial charge in [0.2, 0.25) is 0 Å². The highest BCUT2D eigenvalue weighted by Crippen LogP contribution is 2.12. The van der Waals surface area contributed by atoms with Crippen LogP contribution in [0.3, 0.4) is 0 Å². The van der Waals surface area contributed by atoms with E-state index in [-0.39, 0.29) is 35.9 Å². The third-order valence-corrected chi connectivity index (χ3v) is 4.01. The van der Waals surface area contributed by atoms with Crippen LogP contribution in [0.5, 0.6) is 0 Å². The lowest BCUT2D eigenvalue weighted by atomic mass is 10.2. The molecule has 0 spiro atoms. The molecule has 0 radical (unpaired) electrons. The number of halogens is 1. The van der Waals surface area contributed by atoms with Crippen molar-refractivity contribution in [2.45, 2.75) is 13.8 Å². The molecule has 1 fully saturated rings. The number of hydrogen-bond acceptors (Lipinski definition) is 5. The lowest BCUT2D eigenvalue weighted by Crippen LogP contribution is -2.52. The number of aromatic nitrogens is 1. The van der Waals surface area contributed by atoms with Crippen molar-refractivity contribution in [3.63, 3.8) is 0 Å². The monoisotopic (exact) mass is 461 g/mol. The van der Waals surface area contributed by atoms with E-state index in [0.717, 1.165) is 44.5 Å². The average molecular weight is 461 g/mol. The number of hydrogen-bond donors (Lipinski definition) is 1. The summed E-state index contributed by atoms with van der Waals surface area (Å²) in [6, 6.07) is 5.97. The first-order valence-corrected chi connectivity index (χ1v) is 8.42. The molecule has 25 heavy (non-hydrogen) atoms. The number of nitrogens with one attached hydrogen (secondary N) is 1. The standard InChI is InChI=1S/C17H27N5O2.HI/c1-4-18-17(20-13-14(2)16(23)24-3)22-11-9-21(10-12-22)15-7-5-6-8-19-15;/h5-8,14H,4,9-13H2,1-3H3,(H,18,20);1H. The van der Waals surface area contributed by atoms with Crippen molar-refractivity contribution in [2.75, 3.05) is 51.3 Å². The van der Waals surface area contributed by atoms with Crippen molar-refractivity contribution in [3.8, 4) is 0 Å². The maximum atomic E-state index is 11.5. The minimum absolute atomic E-state index is 0. The van der Waals surface area contributed by atoms with Gasteiger partial charge in [-0.1, -0.05) is 13.0 Å². The summed E-state index contributed by atoms with van der Waals surface area (Å²) in [7, 11) is 1.41. The molecule has 0 amide bonds. The first kappa shape index (κ1) is 21.5. The number of anilines is 1. The predicted octanol–water partition coefficient (Wildman–Crippen LogP) is 1.60. The highest BCUT2D eigenvalue weighted by atomic mass is 127. The molecule has 7 nitrogen and oxygen atoms in total. The Labute approximate surface area is 166 Å². The fraction of sp³-hybridized carbons (Fsp3) is 0.588. The number of aliphatic imine (C=N–C) groups is 1. The van der Waals surface area contributed by atoms with Gasteiger partial charge in [0.25, 0.3) is 0 Å². The second-order valence-corrected chi connectivity index (χ2v) is 5.78. The summed E-state index contributed by atoms with van der Waals surface area (Å²) in [5, 5.41) is 3.31. The third kappa shape index (κ3) is 6.33. The SMILES string of the molecule is CCNC(=NCC(C)C(=O)OC)N1CCN(c2ccccn2)CC1.I. The summed E-state index contributed by atoms with van der Waals surface area (Å²) >= 11 is 0. The molecule has 0 aliphatic carbocycles. The van der Waals surface area contributed by atoms with Crippen LogP contribution < -0.4 is 10.2 Å². The van der Waals surface area contributed by atoms with E-state index in [2.05, 4.69) is 25.1 Å². The molecule has 1 aliphatic heterocycles. The summed E-state index contributed by atoms with van der Waals surface area (Å²) in [6.07, 6.45) is 1.82. The molecule has 0 aromatic carbocycles. The van der Waals surface area contributed by atoms with Gasteiger partial charge in [-0.05, 0) is 19.1 Å². The molecular weight excluding hydrogens is 433 g/mol. The van der Waals surface area contributed by atoms with E-state index in [0.29, 0.717) is 6.54 Å². The lowest BCUT2D eigenvalue weighted by Gasteiger charge is -2.37. The number of carbonyl (C=O) groups excluding carboxylic acids is 1. The minimum Gasteiger partial charge on any atom is -0.469 e. The molecule has 0 saturated carbocycles. The second-order valence-electron chi connectivity index (χ2n) is 5.78. The molecule has 1 N–H and O–H groups in total. The number of rotatable bonds is 5. The number of nitrogens with zero attached hydrogens (tertiary/aromatic N) is 4. The smallest absolute Gasteiger partial charge is 0.310 e. The van der Waals surface area contributed by atoms with Gasteiger partial charge in [0.05, 0.1) is 19.6 Å². The van der Waals surface area contributed by atoms with Gasteiger partial charge in [-0.3, -0.25) is 9.79 Å². The van der Waals surface area contributed by atoms with Crippen LogP contribution in [-0.2, 0) is 9.53 Å². The normalized spacial score (nSPS) is 16.0. The zero-order valence-corrected chi connectivity index (χ0v) is 17.5. The van der Waals surface area contributed by atoms with Crippen LogP contribution in [0.2, 0.25) is 0 Å². The molecule has 2 rings (SSSR count). The van der Waals surface area contributed by atoms with Crippen LogP contribution in [-0.4, -0.2) is 68.2 Å². The highest BCUT2D eigenvalue weighted by Gasteiger charge is 2.21. The van der Waals surface area contributed by atoms with Crippen molar-refractivity contribution in [1.82, 2.24) is 15.2 Å². The number of guanidine groups is 1. The van der Waals surface area contributed by atoms with E-state index in [1.165, 1.54) is 7.11 Å². The Kier molecular flexibility index (Phi) is 9.54. The molecule has 2 heterocycles. The maximum absolute atomic E-state index is 11.5. The van der Waals surface area contributed by atoms with Crippen LogP contribution in [0.15, 0.2) is 29.4 Å². The summed E-state index contributed by atoms with van der Waals surface area (Å²) in [4.78, 5) is 25.0. The first-order chi connectivity index (χ1) is 11.7. The molecule has 1 aliphatic rings. The van der Waals surface area contributed by atoms with Crippen LogP contribution in [0.4, 0.5) is 5.82 Å². The highest BCUT2D eigenvalue weighted by molar-refractivity contribution is 14.0. The number of carbonyl (C=O) groups is 1. The van der Waals surface area contributed by atoms with Crippen LogP contribution >= 0.6 is 24.0 Å². The van der Waals surface area contributed by atoms with Gasteiger partial charge in [0.15, 0.2) is 5.96 Å². The molecule has 0 bridgehead atoms. The molecular formula is C17H28IN5O2. The number of ether oxygens (including phenoxy) is 1. The Morgan fingerprint density at radius 3 is 2.64 bits per heavy atom. The minimum atomic E-state index is -0.238. The maximum Gasteiger partial charge on any atom is 0.310 e. The van der Waals surface area contributed by atoms with E-state index >= 15 is 0 Å². The zero-order chi connectivity index (χ0) is 17.4. The van der Waals surface area contributed by atoms with Crippen molar-refractivity contribution in [3.05, 3.63) is 24.4 Å². The third-order valence-electron chi connectivity index (χ3n) is 4.01. The first-order valence-electron chi connectivity index (χ1n) is 8.42. The van der Waals surface area contributed by atoms with E-state index < -0.39 is 0 Å². The van der Waals surface area contributed by atoms with Crippen molar-refractivity contribution in [2.24, 2.45) is 10.9 Å². The molecule has 1 saturated heterocycles. The van der Waals surface area contributed by atoms with Gasteiger partial charge in [0.1, 0.15) is 5.82 Å². The molecule has 1 unspecified atom stereocenters. The van der Waals surface area contributed by atoms with Crippen molar-refractivity contribution in [1.29, 1.82) is 0 Å². The van der Waals surface area contributed by atoms with Gasteiger partial charge < -0.3 is 19.9 Å². The van der Waals surface area contributed by atoms with E-state index in [4.69, 9.17) is 4.74 Å². The molecule has 8 heteroatoms. The summed E-state index contributed by atoms with van der Waals surface area (Å²) in [5.74, 6) is 1.40. The summed E-state index contributed by atoms with van der Waals surface area (Å²) in [5.41, 5.74) is 0. The second kappa shape index (κ2) is 11.1. The Morgan fingerprint density at radius 1 is 1.36 bits per heavy atom. The predicted molar refractivity (Wildman–Crippen MR) is 111 cm³/mol. The van der Waals surface area contributed by atoms with Crippen molar-refractivity contribution >= 4 is 41.7 Å². The topological polar surface area (TPSA) is 70.1 Å². The number of methoxy groups -OCH3 is 1. The zero-order valence-electron chi connectivity index (χ0n) is 15.1. The number of esters is 1. The largest absolute Gasteiger partial charge is 0.469 e. The quantitative estimate of drug-likeness (QED) is 0.311. The molecule has 1 atom stereocenters. The van der Waals surface area contributed by atoms with Gasteiger partial charge in [-0.2, -0.15) is 0 Å². The van der Waals surface area contributed by atoms with E-state index in [1.807, 2.05) is 38.2 Å². The Hall–Kier alpha value is -1.58. The fourth-order valence-corrected chi connectivity index (χ4v) is 2.61. The van der Waals surface area contributed by atoms with Crippen LogP contribution in [0.25, 0.3) is 0 Å². The van der Waals surface area contributed by atoms with Crippen LogP contribution in [0.1, 0.15) is 13.8 Å². The summed E-state index contributed by atoms with van der Waals surface area (Å²) < 4.78 is 4.76. The number of piperazine rings is 1. The van der Waals surface area contributed by atoms with Gasteiger partial charge in [-0.15, -0.1) is 24.0 Å². The van der Waals surface area contributed by atoms with Crippen molar-refractivity contribution < 1.29 is 9.53 Å². The lowest BCUT2D eigenvalue weighted by molar-refractivity contribution is -0.144. The van der Waals surface area contributed by atoms with Gasteiger partial charge in [-0.25, -0.2) is 4.98 Å². The van der Waals surface area contributed by atoms with E-state index in [1.54, 1.807) is 0 Å². The Bertz CT molecular complexity index is 547. The molecule has 1 aromatic heterocycles. The van der Waals surface area contributed by atoms with E-state index in [9.17, 15) is 4.79 Å². The van der Waals surface area contributed by atoms with Gasteiger partial charge >= 0.3 is 5.97 Å². The molecule has 1 aromatic rings. The fourth-order valence-electron chi connectivity index (χ4n) is 2.61. The van der Waals surface area contributed by atoms with Gasteiger partial charge in [0, 0.05) is 38.9 Å².